The summed E-state index contributed by atoms with van der Waals surface area (Å²) in [5, 5.41) is 11.3. The first-order valence-electron chi connectivity index (χ1n) is 10.1. The van der Waals surface area contributed by atoms with E-state index in [4.69, 9.17) is 16.2 Å². The number of anilines is 3. The Morgan fingerprint density at radius 2 is 2.13 bits per heavy atom. The van der Waals surface area contributed by atoms with Gasteiger partial charge in [0.2, 0.25) is 0 Å². The van der Waals surface area contributed by atoms with E-state index in [0.717, 1.165) is 17.0 Å². The minimum absolute atomic E-state index is 0.000357. The standard InChI is InChI=1S/C21H28FN7O2/c1-4-16(12(2)23)26-21-15(22)10-13(19(24)30)20(28-21)27-17-6-5-7-18-14(17)11-25-29(18)8-9-31-3/h5-7,10-12,16H,4,8-9,23H2,1-3H3,(H2,24,30)(H2,26,27,28)/t12-,16+/m0/s1. The van der Waals surface area contributed by atoms with E-state index >= 15 is 0 Å². The van der Waals surface area contributed by atoms with E-state index in [2.05, 4.69) is 20.7 Å². The maximum atomic E-state index is 14.6. The fraction of sp³-hybridized carbons (Fsp3) is 0.381. The molecule has 2 heterocycles. The Morgan fingerprint density at radius 3 is 2.77 bits per heavy atom. The zero-order valence-electron chi connectivity index (χ0n) is 17.9. The van der Waals surface area contributed by atoms with Crippen molar-refractivity contribution in [3.63, 3.8) is 0 Å². The molecule has 1 amide bonds. The number of carbonyl (C=O) groups is 1. The van der Waals surface area contributed by atoms with E-state index < -0.39 is 11.7 Å². The van der Waals surface area contributed by atoms with Gasteiger partial charge in [-0.2, -0.15) is 5.10 Å². The Kier molecular flexibility index (Phi) is 7.03. The molecule has 0 bridgehead atoms. The van der Waals surface area contributed by atoms with Gasteiger partial charge in [-0.05, 0) is 31.5 Å². The van der Waals surface area contributed by atoms with Gasteiger partial charge >= 0.3 is 0 Å². The van der Waals surface area contributed by atoms with E-state index in [-0.39, 0.29) is 29.3 Å². The maximum Gasteiger partial charge on any atom is 0.252 e. The highest BCUT2D eigenvalue weighted by atomic mass is 19.1. The molecule has 3 rings (SSSR count). The number of hydrogen-bond acceptors (Lipinski definition) is 7. The molecule has 0 spiro atoms. The molecule has 2 aromatic heterocycles. The Hall–Kier alpha value is -3.24. The van der Waals surface area contributed by atoms with Gasteiger partial charge in [0.05, 0.1) is 36.1 Å². The van der Waals surface area contributed by atoms with Crippen LogP contribution in [0, 0.1) is 5.82 Å². The predicted molar refractivity (Wildman–Crippen MR) is 119 cm³/mol. The summed E-state index contributed by atoms with van der Waals surface area (Å²) in [6.07, 6.45) is 2.39. The van der Waals surface area contributed by atoms with Crippen molar-refractivity contribution in [1.29, 1.82) is 0 Å². The molecule has 3 aromatic rings. The Bertz CT molecular complexity index is 1070. The summed E-state index contributed by atoms with van der Waals surface area (Å²) in [6.45, 7) is 4.89. The number of nitrogens with one attached hydrogen (secondary N) is 2. The quantitative estimate of drug-likeness (QED) is 0.389. The lowest BCUT2D eigenvalue weighted by Crippen LogP contribution is -2.38. The molecule has 0 unspecified atom stereocenters. The van der Waals surface area contributed by atoms with Crippen molar-refractivity contribution >= 4 is 34.1 Å². The lowest BCUT2D eigenvalue weighted by Gasteiger charge is -2.22. The third kappa shape index (κ3) is 4.92. The van der Waals surface area contributed by atoms with Crippen LogP contribution in [-0.4, -0.2) is 46.5 Å². The highest BCUT2D eigenvalue weighted by Crippen LogP contribution is 2.29. The largest absolute Gasteiger partial charge is 0.383 e. The molecule has 9 nitrogen and oxygen atoms in total. The summed E-state index contributed by atoms with van der Waals surface area (Å²) >= 11 is 0. The van der Waals surface area contributed by atoms with Gasteiger partial charge < -0.3 is 26.8 Å². The number of methoxy groups -OCH3 is 1. The number of aromatic nitrogens is 3. The van der Waals surface area contributed by atoms with Gasteiger partial charge in [-0.3, -0.25) is 9.48 Å². The van der Waals surface area contributed by atoms with E-state index in [1.807, 2.05) is 36.7 Å². The SMILES string of the molecule is CC[C@@H](Nc1nc(Nc2cccc3c2cnn3CCOC)c(C(N)=O)cc1F)[C@H](C)N. The van der Waals surface area contributed by atoms with Gasteiger partial charge in [-0.1, -0.05) is 13.0 Å². The monoisotopic (exact) mass is 429 g/mol. The summed E-state index contributed by atoms with van der Waals surface area (Å²) in [5.74, 6) is -1.32. The van der Waals surface area contributed by atoms with Crippen LogP contribution >= 0.6 is 0 Å². The molecule has 31 heavy (non-hydrogen) atoms. The van der Waals surface area contributed by atoms with Crippen LogP contribution in [0.1, 0.15) is 30.6 Å². The molecule has 0 saturated heterocycles. The number of pyridine rings is 1. The van der Waals surface area contributed by atoms with Crippen LogP contribution in [0.15, 0.2) is 30.5 Å². The van der Waals surface area contributed by atoms with Gasteiger partial charge in [0.15, 0.2) is 11.6 Å². The second-order valence-electron chi connectivity index (χ2n) is 7.32. The number of ether oxygens (including phenoxy) is 1. The number of carbonyl (C=O) groups excluding carboxylic acids is 1. The Labute approximate surface area is 180 Å². The lowest BCUT2D eigenvalue weighted by atomic mass is 10.1. The van der Waals surface area contributed by atoms with Crippen molar-refractivity contribution < 1.29 is 13.9 Å². The zero-order chi connectivity index (χ0) is 22.5. The van der Waals surface area contributed by atoms with Crippen LogP contribution in [0.2, 0.25) is 0 Å². The minimum atomic E-state index is -0.789. The van der Waals surface area contributed by atoms with Crippen LogP contribution in [0.25, 0.3) is 10.9 Å². The van der Waals surface area contributed by atoms with Gasteiger partial charge in [0.1, 0.15) is 5.82 Å². The molecular formula is C21H28FN7O2. The smallest absolute Gasteiger partial charge is 0.252 e. The Morgan fingerprint density at radius 1 is 1.35 bits per heavy atom. The van der Waals surface area contributed by atoms with Gasteiger partial charge in [0, 0.05) is 24.6 Å². The van der Waals surface area contributed by atoms with E-state index in [0.29, 0.717) is 25.3 Å². The number of fused-ring (bicyclic) bond motifs is 1. The second kappa shape index (κ2) is 9.71. The van der Waals surface area contributed by atoms with Crippen molar-refractivity contribution in [2.45, 2.75) is 38.9 Å². The lowest BCUT2D eigenvalue weighted by molar-refractivity contribution is 0.100. The zero-order valence-corrected chi connectivity index (χ0v) is 17.9. The average molecular weight is 430 g/mol. The molecule has 1 aromatic carbocycles. The van der Waals surface area contributed by atoms with Crippen LogP contribution in [-0.2, 0) is 11.3 Å². The highest BCUT2D eigenvalue weighted by Gasteiger charge is 2.20. The van der Waals surface area contributed by atoms with Gasteiger partial charge in [-0.25, -0.2) is 9.37 Å². The first-order chi connectivity index (χ1) is 14.8. The fourth-order valence-corrected chi connectivity index (χ4v) is 3.35. The molecule has 0 radical (unpaired) electrons. The topological polar surface area (TPSA) is 133 Å². The fourth-order valence-electron chi connectivity index (χ4n) is 3.35. The number of amides is 1. The number of nitrogens with two attached hydrogens (primary N) is 2. The van der Waals surface area contributed by atoms with Crippen LogP contribution in [0.5, 0.6) is 0 Å². The van der Waals surface area contributed by atoms with Crippen molar-refractivity contribution in [3.05, 3.63) is 41.8 Å². The molecule has 0 aliphatic heterocycles. The minimum Gasteiger partial charge on any atom is -0.383 e. The highest BCUT2D eigenvalue weighted by molar-refractivity contribution is 6.00. The van der Waals surface area contributed by atoms with Crippen molar-refractivity contribution in [1.82, 2.24) is 14.8 Å². The number of hydrogen-bond donors (Lipinski definition) is 4. The van der Waals surface area contributed by atoms with E-state index in [9.17, 15) is 9.18 Å². The van der Waals surface area contributed by atoms with E-state index in [1.54, 1.807) is 13.3 Å². The van der Waals surface area contributed by atoms with Crippen molar-refractivity contribution in [2.75, 3.05) is 24.4 Å². The molecule has 0 saturated carbocycles. The molecular weight excluding hydrogens is 401 g/mol. The number of primary amides is 1. The first kappa shape index (κ1) is 22.4. The molecule has 0 aliphatic rings. The number of halogens is 1. The van der Waals surface area contributed by atoms with Crippen molar-refractivity contribution in [2.24, 2.45) is 11.5 Å². The normalized spacial score (nSPS) is 13.2. The van der Waals surface area contributed by atoms with Crippen LogP contribution < -0.4 is 22.1 Å². The van der Waals surface area contributed by atoms with Crippen molar-refractivity contribution in [3.8, 4) is 0 Å². The molecule has 2 atom stereocenters. The van der Waals surface area contributed by atoms with Gasteiger partial charge in [-0.15, -0.1) is 0 Å². The van der Waals surface area contributed by atoms with Gasteiger partial charge in [0.25, 0.3) is 5.91 Å². The predicted octanol–water partition coefficient (Wildman–Crippen LogP) is 2.60. The third-order valence-electron chi connectivity index (χ3n) is 5.09. The number of benzene rings is 1. The summed E-state index contributed by atoms with van der Waals surface area (Å²) in [7, 11) is 1.63. The maximum absolute atomic E-state index is 14.6. The third-order valence-corrected chi connectivity index (χ3v) is 5.09. The average Bonchev–Trinajstić information content (AvgIpc) is 3.15. The summed E-state index contributed by atoms with van der Waals surface area (Å²) in [5.41, 5.74) is 12.9. The summed E-state index contributed by atoms with van der Waals surface area (Å²) < 4.78 is 21.6. The van der Waals surface area contributed by atoms with Crippen LogP contribution in [0.4, 0.5) is 21.7 Å². The number of rotatable bonds is 10. The molecule has 6 N–H and O–H groups in total. The van der Waals surface area contributed by atoms with Crippen LogP contribution in [0.3, 0.4) is 0 Å². The first-order valence-corrected chi connectivity index (χ1v) is 10.1. The molecule has 10 heteroatoms. The molecule has 166 valence electrons. The Balaban J connectivity index is 2.01. The van der Waals surface area contributed by atoms with E-state index in [1.165, 1.54) is 0 Å². The molecule has 0 aliphatic carbocycles. The summed E-state index contributed by atoms with van der Waals surface area (Å²) in [4.78, 5) is 16.3. The summed E-state index contributed by atoms with van der Waals surface area (Å²) in [6, 6.07) is 6.28. The number of nitrogens with zero attached hydrogens (tertiary/aromatic N) is 3. The second-order valence-corrected chi connectivity index (χ2v) is 7.32. The molecule has 0 fully saturated rings.